The lowest BCUT2D eigenvalue weighted by Gasteiger charge is -1.99. The minimum absolute atomic E-state index is 0.990. The normalized spacial score (nSPS) is 13.3. The molecule has 8 heteroatoms. The maximum Gasteiger partial charge on any atom is 0.171 e. The summed E-state index contributed by atoms with van der Waals surface area (Å²) in [6.45, 7) is 4.40. The highest BCUT2D eigenvalue weighted by Crippen LogP contribution is 2.51. The fraction of sp³-hybridized carbons (Fsp3) is 0.154. The monoisotopic (exact) mass is 532 g/mol. The third-order valence-corrected chi connectivity index (χ3v) is 13.1. The number of hydrogen-bond donors (Lipinski definition) is 0. The van der Waals surface area contributed by atoms with E-state index in [1.54, 1.807) is 0 Å². The lowest BCUT2D eigenvalue weighted by Crippen LogP contribution is -1.86. The molecule has 166 valence electrons. The Bertz CT molecular complexity index is 2170. The zero-order valence-electron chi connectivity index (χ0n) is 18.7. The SMILES string of the molecule is Cc1cc2sc3c4oc5cc6c(cc5c4n(C)c3c2s1)sc1c2sc3cc(C)sc3c2n(C)c61. The van der Waals surface area contributed by atoms with Crippen LogP contribution < -0.4 is 0 Å². The van der Waals surface area contributed by atoms with Gasteiger partial charge in [-0.05, 0) is 38.1 Å². The molecule has 0 radical (unpaired) electrons. The van der Waals surface area contributed by atoms with Gasteiger partial charge in [0, 0.05) is 48.7 Å². The molecule has 0 saturated heterocycles. The second-order valence-electron chi connectivity index (χ2n) is 9.18. The summed E-state index contributed by atoms with van der Waals surface area (Å²) in [4.78, 5) is 2.75. The van der Waals surface area contributed by atoms with Crippen LogP contribution in [-0.2, 0) is 14.1 Å². The van der Waals surface area contributed by atoms with Crippen molar-refractivity contribution in [3.05, 3.63) is 34.0 Å². The summed E-state index contributed by atoms with van der Waals surface area (Å²) in [5, 5.41) is 2.53. The standard InChI is InChI=1S/C26H16N2OS5/c1-9-5-15-22(30-9)19-24(33-15)21-17(27(19)3)11-8-14-12(7-13(11)29-21)18-25(32-14)26-20(28(18)4)23-16(34-26)6-10(2)31-23/h5-8H,1-4H3. The van der Waals surface area contributed by atoms with Crippen molar-refractivity contribution in [1.82, 2.24) is 9.13 Å². The van der Waals surface area contributed by atoms with Gasteiger partial charge in [-0.2, -0.15) is 0 Å². The zero-order valence-corrected chi connectivity index (χ0v) is 22.7. The highest BCUT2D eigenvalue weighted by Gasteiger charge is 2.24. The fourth-order valence-corrected chi connectivity index (χ4v) is 12.4. The minimum atomic E-state index is 0.990. The molecule has 8 heterocycles. The lowest BCUT2D eigenvalue weighted by molar-refractivity contribution is 0.673. The fourth-order valence-electron chi connectivity index (χ4n) is 5.76. The first kappa shape index (κ1) is 18.9. The number of nitrogens with zero attached hydrogens (tertiary/aromatic N) is 2. The summed E-state index contributed by atoms with van der Waals surface area (Å²) in [7, 11) is 4.42. The van der Waals surface area contributed by atoms with E-state index in [4.69, 9.17) is 4.42 Å². The number of furan rings is 1. The second kappa shape index (κ2) is 5.88. The van der Waals surface area contributed by atoms with Crippen molar-refractivity contribution in [3.63, 3.8) is 0 Å². The molecule has 0 aliphatic rings. The van der Waals surface area contributed by atoms with E-state index in [-0.39, 0.29) is 0 Å². The van der Waals surface area contributed by atoms with Crippen molar-refractivity contribution in [1.29, 1.82) is 0 Å². The Hall–Kier alpha value is -2.36. The van der Waals surface area contributed by atoms with Gasteiger partial charge in [-0.15, -0.1) is 56.7 Å². The molecule has 8 aromatic heterocycles. The predicted molar refractivity (Wildman–Crippen MR) is 156 cm³/mol. The Balaban J connectivity index is 1.42. The summed E-state index contributed by atoms with van der Waals surface area (Å²) >= 11 is 9.54. The first-order valence-corrected chi connectivity index (χ1v) is 15.1. The van der Waals surface area contributed by atoms with Crippen LogP contribution in [0.3, 0.4) is 0 Å². The Morgan fingerprint density at radius 2 is 1.15 bits per heavy atom. The summed E-state index contributed by atoms with van der Waals surface area (Å²) < 4.78 is 22.4. The first-order valence-electron chi connectivity index (χ1n) is 11.0. The topological polar surface area (TPSA) is 23.0 Å². The van der Waals surface area contributed by atoms with E-state index in [1.807, 2.05) is 56.7 Å². The van der Waals surface area contributed by atoms with Crippen LogP contribution in [0.5, 0.6) is 0 Å². The molecule has 34 heavy (non-hydrogen) atoms. The van der Waals surface area contributed by atoms with E-state index >= 15 is 0 Å². The third kappa shape index (κ3) is 2.02. The van der Waals surface area contributed by atoms with Crippen molar-refractivity contribution < 1.29 is 4.42 Å². The van der Waals surface area contributed by atoms with Crippen molar-refractivity contribution in [2.24, 2.45) is 14.1 Å². The van der Waals surface area contributed by atoms with Crippen LogP contribution in [0.2, 0.25) is 0 Å². The van der Waals surface area contributed by atoms with E-state index in [0.717, 1.165) is 11.2 Å². The molecule has 0 spiro atoms. The highest BCUT2D eigenvalue weighted by molar-refractivity contribution is 7.37. The molecular formula is C26H16N2OS5. The van der Waals surface area contributed by atoms with Crippen molar-refractivity contribution in [3.8, 4) is 0 Å². The Morgan fingerprint density at radius 3 is 1.88 bits per heavy atom. The molecule has 3 nitrogen and oxygen atoms in total. The quantitative estimate of drug-likeness (QED) is 0.190. The Kier molecular flexibility index (Phi) is 3.27. The summed E-state index contributed by atoms with van der Waals surface area (Å²) in [6, 6.07) is 9.29. The molecule has 0 saturated carbocycles. The predicted octanol–water partition coefficient (Wildman–Crippen LogP) is 10.1. The minimum Gasteiger partial charge on any atom is -0.453 e. The molecule has 0 aliphatic heterocycles. The molecule has 0 fully saturated rings. The van der Waals surface area contributed by atoms with Gasteiger partial charge in [0.1, 0.15) is 5.58 Å². The molecule has 0 atom stereocenters. The van der Waals surface area contributed by atoms with Crippen molar-refractivity contribution in [2.75, 3.05) is 0 Å². The summed E-state index contributed by atoms with van der Waals surface area (Å²) in [6.07, 6.45) is 0. The maximum atomic E-state index is 6.61. The summed E-state index contributed by atoms with van der Waals surface area (Å²) in [5.74, 6) is 0. The number of rotatable bonds is 0. The van der Waals surface area contributed by atoms with E-state index in [9.17, 15) is 0 Å². The van der Waals surface area contributed by atoms with Gasteiger partial charge in [0.05, 0.1) is 45.6 Å². The molecule has 0 unspecified atom stereocenters. The van der Waals surface area contributed by atoms with Gasteiger partial charge in [0.2, 0.25) is 0 Å². The largest absolute Gasteiger partial charge is 0.453 e. The number of benzene rings is 1. The molecule has 9 aromatic rings. The van der Waals surface area contributed by atoms with Gasteiger partial charge in [-0.1, -0.05) is 0 Å². The Morgan fingerprint density at radius 1 is 0.559 bits per heavy atom. The van der Waals surface area contributed by atoms with Gasteiger partial charge >= 0.3 is 0 Å². The molecule has 0 amide bonds. The van der Waals surface area contributed by atoms with Gasteiger partial charge in [0.15, 0.2) is 5.58 Å². The van der Waals surface area contributed by atoms with Crippen LogP contribution >= 0.6 is 56.7 Å². The van der Waals surface area contributed by atoms with Crippen molar-refractivity contribution in [2.45, 2.75) is 13.8 Å². The third-order valence-electron chi connectivity index (χ3n) is 7.13. The van der Waals surface area contributed by atoms with E-state index in [1.165, 1.54) is 80.2 Å². The lowest BCUT2D eigenvalue weighted by atomic mass is 10.2. The zero-order chi connectivity index (χ0) is 22.6. The van der Waals surface area contributed by atoms with Crippen LogP contribution in [0.4, 0.5) is 0 Å². The average molecular weight is 533 g/mol. The average Bonchev–Trinajstić information content (AvgIpc) is 3.59. The van der Waals surface area contributed by atoms with E-state index in [0.29, 0.717) is 0 Å². The highest BCUT2D eigenvalue weighted by atomic mass is 32.1. The molecule has 0 aliphatic carbocycles. The van der Waals surface area contributed by atoms with E-state index in [2.05, 4.69) is 61.3 Å². The number of aromatic nitrogens is 2. The van der Waals surface area contributed by atoms with Gasteiger partial charge in [-0.3, -0.25) is 0 Å². The first-order chi connectivity index (χ1) is 16.5. The van der Waals surface area contributed by atoms with Crippen LogP contribution in [0, 0.1) is 13.8 Å². The molecule has 9 rings (SSSR count). The number of fused-ring (bicyclic) bond motifs is 14. The number of thiophene rings is 5. The van der Waals surface area contributed by atoms with Crippen LogP contribution in [-0.4, -0.2) is 9.13 Å². The number of hydrogen-bond acceptors (Lipinski definition) is 6. The smallest absolute Gasteiger partial charge is 0.171 e. The van der Waals surface area contributed by atoms with Gasteiger partial charge in [0.25, 0.3) is 0 Å². The second-order valence-corrected chi connectivity index (χ2v) is 14.9. The molecule has 0 N–H and O–H groups in total. The van der Waals surface area contributed by atoms with Crippen LogP contribution in [0.1, 0.15) is 9.75 Å². The molecule has 0 bridgehead atoms. The maximum absolute atomic E-state index is 6.61. The van der Waals surface area contributed by atoms with Gasteiger partial charge in [-0.25, -0.2) is 0 Å². The van der Waals surface area contributed by atoms with Crippen LogP contribution in [0.15, 0.2) is 28.7 Å². The number of aryl methyl sites for hydroxylation is 4. The molecule has 1 aromatic carbocycles. The van der Waals surface area contributed by atoms with Crippen molar-refractivity contribution >= 4 is 138 Å². The van der Waals surface area contributed by atoms with E-state index < -0.39 is 0 Å². The molecular weight excluding hydrogens is 517 g/mol. The van der Waals surface area contributed by atoms with Gasteiger partial charge < -0.3 is 13.6 Å². The summed E-state index contributed by atoms with van der Waals surface area (Å²) in [5.41, 5.74) is 7.30. The van der Waals surface area contributed by atoms with Crippen LogP contribution in [0.25, 0.3) is 81.6 Å². The Labute approximate surface area is 212 Å².